The highest BCUT2D eigenvalue weighted by atomic mass is 15.1. The third-order valence-corrected chi connectivity index (χ3v) is 3.16. The minimum atomic E-state index is 0.674. The standard InChI is InChI=1S/C14H15N5/c1-15-13-9-16-8-10(17-13)7-14-18-11-5-3-4-6-12(11)19(14)2/h3-6,8-9H,7H2,1-2H3,(H,15,17). The predicted octanol–water partition coefficient (Wildman–Crippen LogP) is 2.00. The van der Waals surface area contributed by atoms with Crippen LogP contribution in [0.5, 0.6) is 0 Å². The second kappa shape index (κ2) is 4.68. The van der Waals surface area contributed by atoms with E-state index in [1.165, 1.54) is 0 Å². The third-order valence-electron chi connectivity index (χ3n) is 3.16. The minimum absolute atomic E-state index is 0.674. The van der Waals surface area contributed by atoms with E-state index in [-0.39, 0.29) is 0 Å². The topological polar surface area (TPSA) is 55.6 Å². The number of aromatic nitrogens is 4. The van der Waals surface area contributed by atoms with Gasteiger partial charge in [0.15, 0.2) is 0 Å². The average Bonchev–Trinajstić information content (AvgIpc) is 2.76. The van der Waals surface area contributed by atoms with Crippen molar-refractivity contribution in [3.8, 4) is 0 Å². The lowest BCUT2D eigenvalue weighted by molar-refractivity contribution is 0.829. The van der Waals surface area contributed by atoms with E-state index in [0.717, 1.165) is 28.4 Å². The van der Waals surface area contributed by atoms with Crippen LogP contribution in [0.4, 0.5) is 5.82 Å². The van der Waals surface area contributed by atoms with Crippen LogP contribution < -0.4 is 5.32 Å². The smallest absolute Gasteiger partial charge is 0.144 e. The van der Waals surface area contributed by atoms with E-state index >= 15 is 0 Å². The molecule has 2 heterocycles. The molecule has 1 N–H and O–H groups in total. The van der Waals surface area contributed by atoms with Gasteiger partial charge in [0, 0.05) is 26.7 Å². The van der Waals surface area contributed by atoms with Crippen molar-refractivity contribution in [1.82, 2.24) is 19.5 Å². The van der Waals surface area contributed by atoms with Gasteiger partial charge in [-0.2, -0.15) is 0 Å². The van der Waals surface area contributed by atoms with Crippen LogP contribution in [0, 0.1) is 0 Å². The minimum Gasteiger partial charge on any atom is -0.372 e. The first-order chi connectivity index (χ1) is 9.28. The predicted molar refractivity (Wildman–Crippen MR) is 75.1 cm³/mol. The number of para-hydroxylation sites is 2. The molecule has 0 saturated carbocycles. The molecule has 96 valence electrons. The summed E-state index contributed by atoms with van der Waals surface area (Å²) in [6.45, 7) is 0. The van der Waals surface area contributed by atoms with Crippen LogP contribution in [0.3, 0.4) is 0 Å². The van der Waals surface area contributed by atoms with Gasteiger partial charge < -0.3 is 9.88 Å². The van der Waals surface area contributed by atoms with Gasteiger partial charge in [-0.3, -0.25) is 4.98 Å². The summed E-state index contributed by atoms with van der Waals surface area (Å²) in [7, 11) is 3.86. The molecule has 19 heavy (non-hydrogen) atoms. The van der Waals surface area contributed by atoms with E-state index in [0.29, 0.717) is 6.42 Å². The van der Waals surface area contributed by atoms with Crippen LogP contribution in [0.1, 0.15) is 11.5 Å². The van der Waals surface area contributed by atoms with Crippen LogP contribution >= 0.6 is 0 Å². The van der Waals surface area contributed by atoms with Crippen LogP contribution in [0.15, 0.2) is 36.7 Å². The van der Waals surface area contributed by atoms with Gasteiger partial charge in [0.2, 0.25) is 0 Å². The summed E-state index contributed by atoms with van der Waals surface area (Å²) in [5, 5.41) is 2.99. The Morgan fingerprint density at radius 3 is 2.79 bits per heavy atom. The average molecular weight is 253 g/mol. The van der Waals surface area contributed by atoms with Gasteiger partial charge in [-0.15, -0.1) is 0 Å². The summed E-state index contributed by atoms with van der Waals surface area (Å²) in [4.78, 5) is 13.3. The van der Waals surface area contributed by atoms with Gasteiger partial charge in [-0.25, -0.2) is 9.97 Å². The molecule has 0 aliphatic rings. The summed E-state index contributed by atoms with van der Waals surface area (Å²) in [5.41, 5.74) is 3.05. The van der Waals surface area contributed by atoms with E-state index in [9.17, 15) is 0 Å². The normalized spacial score (nSPS) is 10.8. The molecule has 0 aliphatic carbocycles. The van der Waals surface area contributed by atoms with Gasteiger partial charge in [0.05, 0.1) is 22.9 Å². The maximum Gasteiger partial charge on any atom is 0.144 e. The quantitative estimate of drug-likeness (QED) is 0.775. The number of nitrogens with zero attached hydrogens (tertiary/aromatic N) is 4. The van der Waals surface area contributed by atoms with Crippen molar-refractivity contribution in [3.05, 3.63) is 48.2 Å². The van der Waals surface area contributed by atoms with Crippen LogP contribution in [-0.4, -0.2) is 26.6 Å². The first-order valence-electron chi connectivity index (χ1n) is 6.17. The Labute approximate surface area is 111 Å². The molecular formula is C14H15N5. The van der Waals surface area contributed by atoms with Crippen LogP contribution in [0.2, 0.25) is 0 Å². The van der Waals surface area contributed by atoms with E-state index < -0.39 is 0 Å². The Balaban J connectivity index is 1.98. The van der Waals surface area contributed by atoms with E-state index in [1.807, 2.05) is 32.3 Å². The lowest BCUT2D eigenvalue weighted by Crippen LogP contribution is -2.03. The highest BCUT2D eigenvalue weighted by Crippen LogP contribution is 2.16. The van der Waals surface area contributed by atoms with E-state index in [1.54, 1.807) is 12.4 Å². The highest BCUT2D eigenvalue weighted by Gasteiger charge is 2.09. The van der Waals surface area contributed by atoms with Gasteiger partial charge in [-0.05, 0) is 12.1 Å². The summed E-state index contributed by atoms with van der Waals surface area (Å²) in [6.07, 6.45) is 4.16. The molecule has 0 unspecified atom stereocenters. The lowest BCUT2D eigenvalue weighted by atomic mass is 10.3. The fourth-order valence-electron chi connectivity index (χ4n) is 2.13. The molecule has 0 bridgehead atoms. The van der Waals surface area contributed by atoms with E-state index in [2.05, 4.69) is 30.9 Å². The molecule has 3 aromatic rings. The number of fused-ring (bicyclic) bond motifs is 1. The third kappa shape index (κ3) is 2.14. The number of anilines is 1. The van der Waals surface area contributed by atoms with Crippen molar-refractivity contribution in [1.29, 1.82) is 0 Å². The number of hydrogen-bond acceptors (Lipinski definition) is 4. The molecule has 0 saturated heterocycles. The van der Waals surface area contributed by atoms with Crippen molar-refractivity contribution in [3.63, 3.8) is 0 Å². The number of nitrogens with one attached hydrogen (secondary N) is 1. The van der Waals surface area contributed by atoms with Crippen molar-refractivity contribution >= 4 is 16.9 Å². The number of benzene rings is 1. The maximum atomic E-state index is 4.64. The Hall–Kier alpha value is -2.43. The summed E-state index contributed by atoms with van der Waals surface area (Å²) in [5.74, 6) is 1.76. The second-order valence-corrected chi connectivity index (χ2v) is 4.40. The van der Waals surface area contributed by atoms with Gasteiger partial charge >= 0.3 is 0 Å². The summed E-state index contributed by atoms with van der Waals surface area (Å²) < 4.78 is 2.10. The molecule has 2 aromatic heterocycles. The molecule has 0 spiro atoms. The highest BCUT2D eigenvalue weighted by molar-refractivity contribution is 5.75. The SMILES string of the molecule is CNc1cncc(Cc2nc3ccccc3n2C)n1. The number of imidazole rings is 1. The zero-order chi connectivity index (χ0) is 13.2. The Bertz CT molecular complexity index is 717. The fourth-order valence-corrected chi connectivity index (χ4v) is 2.13. The first kappa shape index (κ1) is 11.6. The van der Waals surface area contributed by atoms with Crippen LogP contribution in [0.25, 0.3) is 11.0 Å². The molecule has 1 aromatic carbocycles. The number of rotatable bonds is 3. The Morgan fingerprint density at radius 2 is 2.00 bits per heavy atom. The monoisotopic (exact) mass is 253 g/mol. The molecular weight excluding hydrogens is 238 g/mol. The van der Waals surface area contributed by atoms with E-state index in [4.69, 9.17) is 0 Å². The lowest BCUT2D eigenvalue weighted by Gasteiger charge is -2.04. The molecule has 0 amide bonds. The van der Waals surface area contributed by atoms with Crippen molar-refractivity contribution in [2.45, 2.75) is 6.42 Å². The zero-order valence-corrected chi connectivity index (χ0v) is 11.0. The number of aryl methyl sites for hydroxylation is 1. The molecule has 0 radical (unpaired) electrons. The molecule has 3 rings (SSSR count). The van der Waals surface area contributed by atoms with Crippen molar-refractivity contribution < 1.29 is 0 Å². The number of hydrogen-bond donors (Lipinski definition) is 1. The zero-order valence-electron chi connectivity index (χ0n) is 11.0. The largest absolute Gasteiger partial charge is 0.372 e. The molecule has 0 fully saturated rings. The molecule has 0 aliphatic heterocycles. The molecule has 5 nitrogen and oxygen atoms in total. The molecule has 5 heteroatoms. The summed E-state index contributed by atoms with van der Waals surface area (Å²) >= 11 is 0. The van der Waals surface area contributed by atoms with Crippen molar-refractivity contribution in [2.24, 2.45) is 7.05 Å². The summed E-state index contributed by atoms with van der Waals surface area (Å²) in [6, 6.07) is 8.12. The van der Waals surface area contributed by atoms with Crippen LogP contribution in [-0.2, 0) is 13.5 Å². The Kier molecular flexibility index (Phi) is 2.87. The van der Waals surface area contributed by atoms with Crippen molar-refractivity contribution in [2.75, 3.05) is 12.4 Å². The second-order valence-electron chi connectivity index (χ2n) is 4.40. The fraction of sp³-hybridized carbons (Fsp3) is 0.214. The van der Waals surface area contributed by atoms with Gasteiger partial charge in [0.1, 0.15) is 11.6 Å². The maximum absolute atomic E-state index is 4.64. The van der Waals surface area contributed by atoms with Gasteiger partial charge in [-0.1, -0.05) is 12.1 Å². The molecule has 0 atom stereocenters. The van der Waals surface area contributed by atoms with Gasteiger partial charge in [0.25, 0.3) is 0 Å². The Morgan fingerprint density at radius 1 is 1.16 bits per heavy atom. The first-order valence-corrected chi connectivity index (χ1v) is 6.17.